The summed E-state index contributed by atoms with van der Waals surface area (Å²) in [5.41, 5.74) is 1.51. The molecule has 3 fully saturated rings. The average molecular weight is 608 g/mol. The van der Waals surface area contributed by atoms with Gasteiger partial charge in [0.2, 0.25) is 11.8 Å². The highest BCUT2D eigenvalue weighted by Gasteiger charge is 2.71. The van der Waals surface area contributed by atoms with Crippen molar-refractivity contribution in [2.45, 2.75) is 36.9 Å². The Morgan fingerprint density at radius 1 is 1.10 bits per heavy atom. The van der Waals surface area contributed by atoms with Gasteiger partial charge in [-0.3, -0.25) is 14.5 Å². The third kappa shape index (κ3) is 4.07. The highest BCUT2D eigenvalue weighted by molar-refractivity contribution is 6.31. The lowest BCUT2D eigenvalue weighted by Crippen LogP contribution is -2.54. The van der Waals surface area contributed by atoms with E-state index in [0.29, 0.717) is 47.4 Å². The fourth-order valence-corrected chi connectivity index (χ4v) is 7.67. The number of anilines is 1. The van der Waals surface area contributed by atoms with Crippen LogP contribution in [0.4, 0.5) is 10.1 Å². The summed E-state index contributed by atoms with van der Waals surface area (Å²) < 4.78 is 20.7. The lowest BCUT2D eigenvalue weighted by atomic mass is 9.71. The molecule has 1 saturated carbocycles. The second kappa shape index (κ2) is 10.1. The van der Waals surface area contributed by atoms with E-state index in [2.05, 4.69) is 10.2 Å². The van der Waals surface area contributed by atoms with Gasteiger partial charge in [-0.1, -0.05) is 53.5 Å². The molecule has 2 saturated heterocycles. The zero-order chi connectivity index (χ0) is 29.3. The Hall–Kier alpha value is -3.46. The molecule has 0 radical (unpaired) electrons. The summed E-state index contributed by atoms with van der Waals surface area (Å²) in [6, 6.07) is 16.7. The molecule has 0 aromatic heterocycles. The first-order valence-corrected chi connectivity index (χ1v) is 14.8. The first kappa shape index (κ1) is 27.4. The zero-order valence-electron chi connectivity index (χ0n) is 22.8. The van der Waals surface area contributed by atoms with Crippen molar-refractivity contribution in [3.63, 3.8) is 0 Å². The second-order valence-electron chi connectivity index (χ2n) is 11.6. The molecule has 7 nitrogen and oxygen atoms in total. The minimum Gasteiger partial charge on any atom is -0.465 e. The number of nitrogens with zero attached hydrogens (tertiary/aromatic N) is 2. The van der Waals surface area contributed by atoms with Crippen LogP contribution in [-0.4, -0.2) is 53.8 Å². The van der Waals surface area contributed by atoms with Crippen LogP contribution in [0.3, 0.4) is 0 Å². The highest BCUT2D eigenvalue weighted by Crippen LogP contribution is 2.62. The zero-order valence-corrected chi connectivity index (χ0v) is 24.3. The molecule has 10 heteroatoms. The number of methoxy groups -OCH3 is 1. The van der Waals surface area contributed by atoms with E-state index < -0.39 is 29.2 Å². The monoisotopic (exact) mass is 607 g/mol. The molecule has 1 spiro atoms. The van der Waals surface area contributed by atoms with E-state index in [9.17, 15) is 14.4 Å². The minimum atomic E-state index is -1.30. The smallest absolute Gasteiger partial charge is 0.337 e. The number of nitrogens with one attached hydrogen (secondary N) is 1. The number of amides is 2. The van der Waals surface area contributed by atoms with E-state index in [-0.39, 0.29) is 28.4 Å². The molecule has 7 rings (SSSR count). The first-order valence-electron chi connectivity index (χ1n) is 14.0. The molecule has 3 aromatic carbocycles. The third-order valence-electron chi connectivity index (χ3n) is 9.28. The fraction of sp³-hybridized carbons (Fsp3) is 0.344. The standard InChI is InChI=1S/C32H28Cl2FN3O4/c1-42-30(40)19-9-7-17(8-10-19)14-37-16-25-26(29(37)39)27(21-3-2-4-23(34)28(21)35)32(38(25)15-18-5-6-18)22-12-11-20(33)13-24(22)36-31(32)41/h2-4,7-13,18,25-27H,5-6,14-16H2,1H3,(H,36,41)/t25-,26+,27-,32+/m0/s1. The summed E-state index contributed by atoms with van der Waals surface area (Å²) in [5, 5.41) is 3.44. The van der Waals surface area contributed by atoms with Crippen molar-refractivity contribution < 1.29 is 23.5 Å². The molecule has 1 N–H and O–H groups in total. The SMILES string of the molecule is COC(=O)c1ccc(CN2C[C@H]3[C@@H](C2=O)[C@H](c2cccc(Cl)c2F)[C@]2(C(=O)Nc4cc(Cl)ccc42)N3CC2CC2)cc1. The summed E-state index contributed by atoms with van der Waals surface area (Å²) >= 11 is 12.6. The van der Waals surface area contributed by atoms with Gasteiger partial charge in [0.05, 0.1) is 23.6 Å². The van der Waals surface area contributed by atoms with Crippen molar-refractivity contribution in [2.75, 3.05) is 25.5 Å². The predicted molar refractivity (Wildman–Crippen MR) is 156 cm³/mol. The molecule has 42 heavy (non-hydrogen) atoms. The van der Waals surface area contributed by atoms with Crippen LogP contribution in [0, 0.1) is 17.7 Å². The number of benzene rings is 3. The second-order valence-corrected chi connectivity index (χ2v) is 12.5. The van der Waals surface area contributed by atoms with Gasteiger partial charge in [0, 0.05) is 47.9 Å². The average Bonchev–Trinajstić information content (AvgIpc) is 3.62. The van der Waals surface area contributed by atoms with Crippen molar-refractivity contribution in [1.29, 1.82) is 0 Å². The number of ether oxygens (including phenoxy) is 1. The Balaban J connectivity index is 1.35. The van der Waals surface area contributed by atoms with Crippen LogP contribution in [0.1, 0.15) is 45.8 Å². The van der Waals surface area contributed by atoms with E-state index in [0.717, 1.165) is 18.4 Å². The summed E-state index contributed by atoms with van der Waals surface area (Å²) in [5.74, 6) is -2.58. The number of likely N-dealkylation sites (tertiary alicyclic amines) is 2. The highest BCUT2D eigenvalue weighted by atomic mass is 35.5. The topological polar surface area (TPSA) is 78.9 Å². The molecule has 2 amide bonds. The Kier molecular flexibility index (Phi) is 6.57. The number of hydrogen-bond donors (Lipinski definition) is 1. The van der Waals surface area contributed by atoms with Crippen molar-refractivity contribution in [2.24, 2.45) is 11.8 Å². The number of carbonyl (C=O) groups excluding carboxylic acids is 3. The summed E-state index contributed by atoms with van der Waals surface area (Å²) in [7, 11) is 1.33. The van der Waals surface area contributed by atoms with E-state index in [1.54, 1.807) is 53.4 Å². The molecular formula is C32H28Cl2FN3O4. The number of halogens is 3. The Morgan fingerprint density at radius 2 is 1.86 bits per heavy atom. The maximum absolute atomic E-state index is 16.0. The van der Waals surface area contributed by atoms with Crippen LogP contribution >= 0.6 is 23.2 Å². The van der Waals surface area contributed by atoms with Crippen LogP contribution in [0.5, 0.6) is 0 Å². The van der Waals surface area contributed by atoms with E-state index in [4.69, 9.17) is 27.9 Å². The summed E-state index contributed by atoms with van der Waals surface area (Å²) in [6.07, 6.45) is 2.08. The van der Waals surface area contributed by atoms with Gasteiger partial charge in [-0.05, 0) is 60.2 Å². The number of esters is 1. The largest absolute Gasteiger partial charge is 0.465 e. The van der Waals surface area contributed by atoms with E-state index in [1.165, 1.54) is 13.2 Å². The molecular weight excluding hydrogens is 580 g/mol. The number of rotatable bonds is 6. The summed E-state index contributed by atoms with van der Waals surface area (Å²) in [4.78, 5) is 44.5. The summed E-state index contributed by atoms with van der Waals surface area (Å²) in [6.45, 7) is 1.32. The van der Waals surface area contributed by atoms with Gasteiger partial charge >= 0.3 is 5.97 Å². The van der Waals surface area contributed by atoms with E-state index >= 15 is 4.39 Å². The molecule has 0 bridgehead atoms. The molecule has 1 aliphatic carbocycles. The van der Waals surface area contributed by atoms with Crippen LogP contribution in [-0.2, 0) is 26.4 Å². The molecule has 3 aliphatic heterocycles. The number of hydrogen-bond acceptors (Lipinski definition) is 5. The van der Waals surface area contributed by atoms with Gasteiger partial charge in [0.15, 0.2) is 0 Å². The Bertz CT molecular complexity index is 1630. The lowest BCUT2D eigenvalue weighted by Gasteiger charge is -2.41. The Labute approximate surface area is 252 Å². The van der Waals surface area contributed by atoms with E-state index in [1.807, 2.05) is 6.07 Å². The van der Waals surface area contributed by atoms with Gasteiger partial charge in [0.1, 0.15) is 11.4 Å². The van der Waals surface area contributed by atoms with Crippen molar-refractivity contribution in [1.82, 2.24) is 9.80 Å². The molecule has 216 valence electrons. The molecule has 4 atom stereocenters. The fourth-order valence-electron chi connectivity index (χ4n) is 7.31. The predicted octanol–water partition coefficient (Wildman–Crippen LogP) is 5.60. The van der Waals surface area contributed by atoms with Crippen LogP contribution in [0.2, 0.25) is 10.0 Å². The van der Waals surface area contributed by atoms with Crippen LogP contribution in [0.25, 0.3) is 0 Å². The molecule has 3 aromatic rings. The maximum atomic E-state index is 16.0. The molecule has 4 aliphatic rings. The molecule has 0 unspecified atom stereocenters. The quantitative estimate of drug-likeness (QED) is 0.369. The van der Waals surface area contributed by atoms with Gasteiger partial charge in [-0.2, -0.15) is 0 Å². The van der Waals surface area contributed by atoms with Crippen molar-refractivity contribution in [3.8, 4) is 0 Å². The lowest BCUT2D eigenvalue weighted by molar-refractivity contribution is -0.133. The molecule has 3 heterocycles. The van der Waals surface area contributed by atoms with Crippen LogP contribution in [0.15, 0.2) is 60.7 Å². The van der Waals surface area contributed by atoms with Gasteiger partial charge < -0.3 is 15.0 Å². The van der Waals surface area contributed by atoms with Crippen molar-refractivity contribution >= 4 is 46.7 Å². The van der Waals surface area contributed by atoms with Gasteiger partial charge in [-0.15, -0.1) is 0 Å². The third-order valence-corrected chi connectivity index (χ3v) is 9.81. The maximum Gasteiger partial charge on any atom is 0.337 e. The van der Waals surface area contributed by atoms with Gasteiger partial charge in [0.25, 0.3) is 0 Å². The minimum absolute atomic E-state index is 0.0532. The Morgan fingerprint density at radius 3 is 2.57 bits per heavy atom. The first-order chi connectivity index (χ1) is 20.2. The normalized spacial score (nSPS) is 26.5. The van der Waals surface area contributed by atoms with Gasteiger partial charge in [-0.25, -0.2) is 9.18 Å². The number of fused-ring (bicyclic) bond motifs is 3. The van der Waals surface area contributed by atoms with Crippen molar-refractivity contribution in [3.05, 3.63) is 98.8 Å². The number of carbonyl (C=O) groups is 3. The van der Waals surface area contributed by atoms with Crippen LogP contribution < -0.4 is 5.32 Å².